The first-order chi connectivity index (χ1) is 9.88. The van der Waals surface area contributed by atoms with Crippen LogP contribution in [-0.4, -0.2) is 29.9 Å². The average Bonchev–Trinajstić information content (AvgIpc) is 2.46. The Bertz CT molecular complexity index is 514. The minimum Gasteiger partial charge on any atom is -0.337 e. The Morgan fingerprint density at radius 2 is 1.95 bits per heavy atom. The van der Waals surface area contributed by atoms with Gasteiger partial charge in [-0.3, -0.25) is 4.79 Å². The lowest BCUT2D eigenvalue weighted by Crippen LogP contribution is -2.46. The molecule has 0 radical (unpaired) electrons. The molecule has 114 valence electrons. The van der Waals surface area contributed by atoms with Gasteiger partial charge in [-0.05, 0) is 23.8 Å². The molecule has 21 heavy (non-hydrogen) atoms. The summed E-state index contributed by atoms with van der Waals surface area (Å²) >= 11 is 0. The predicted molar refractivity (Wildman–Crippen MR) is 86.9 cm³/mol. The second-order valence-electron chi connectivity index (χ2n) is 6.81. The summed E-state index contributed by atoms with van der Waals surface area (Å²) in [7, 11) is 0. The summed E-state index contributed by atoms with van der Waals surface area (Å²) < 4.78 is 0. The normalized spacial score (nSPS) is 17.3. The second kappa shape index (κ2) is 6.44. The largest absolute Gasteiger partial charge is 0.337 e. The van der Waals surface area contributed by atoms with E-state index in [4.69, 9.17) is 5.73 Å². The van der Waals surface area contributed by atoms with E-state index in [0.717, 1.165) is 18.5 Å². The molecule has 1 aliphatic rings. The Kier molecular flexibility index (Phi) is 4.84. The van der Waals surface area contributed by atoms with Gasteiger partial charge in [0, 0.05) is 13.1 Å². The maximum Gasteiger partial charge on any atom is 0.240 e. The molecule has 1 aliphatic heterocycles. The predicted octanol–water partition coefficient (Wildman–Crippen LogP) is 2.76. The summed E-state index contributed by atoms with van der Waals surface area (Å²) in [5, 5.41) is 0. The molecule has 0 unspecified atom stereocenters. The van der Waals surface area contributed by atoms with E-state index in [0.29, 0.717) is 13.0 Å². The molecule has 1 amide bonds. The quantitative estimate of drug-likeness (QED) is 0.869. The van der Waals surface area contributed by atoms with Crippen molar-refractivity contribution in [3.8, 4) is 0 Å². The Morgan fingerprint density at radius 3 is 2.48 bits per heavy atom. The van der Waals surface area contributed by atoms with E-state index < -0.39 is 6.04 Å². The Hall–Kier alpha value is -1.61. The van der Waals surface area contributed by atoms with E-state index in [1.807, 2.05) is 35.2 Å². The zero-order valence-electron chi connectivity index (χ0n) is 13.3. The van der Waals surface area contributed by atoms with Crippen molar-refractivity contribution in [3.05, 3.63) is 47.5 Å². The number of hydrogen-bond acceptors (Lipinski definition) is 2. The van der Waals surface area contributed by atoms with Gasteiger partial charge in [0.2, 0.25) is 5.91 Å². The van der Waals surface area contributed by atoms with Crippen LogP contribution in [0.1, 0.15) is 32.8 Å². The highest BCUT2D eigenvalue weighted by Crippen LogP contribution is 2.30. The first kappa shape index (κ1) is 15.8. The topological polar surface area (TPSA) is 46.3 Å². The molecule has 0 saturated carbocycles. The molecule has 3 nitrogen and oxygen atoms in total. The maximum absolute atomic E-state index is 12.4. The van der Waals surface area contributed by atoms with Gasteiger partial charge in [0.1, 0.15) is 0 Å². The highest BCUT2D eigenvalue weighted by atomic mass is 16.2. The van der Waals surface area contributed by atoms with Crippen molar-refractivity contribution in [3.63, 3.8) is 0 Å². The molecule has 0 spiro atoms. The summed E-state index contributed by atoms with van der Waals surface area (Å²) in [6.45, 7) is 8.13. The van der Waals surface area contributed by atoms with Crippen molar-refractivity contribution in [1.29, 1.82) is 0 Å². The summed E-state index contributed by atoms with van der Waals surface area (Å²) in [5.74, 6) is 0.0584. The zero-order chi connectivity index (χ0) is 15.5. The van der Waals surface area contributed by atoms with Crippen LogP contribution in [0.25, 0.3) is 0 Å². The van der Waals surface area contributed by atoms with E-state index in [1.54, 1.807) is 0 Å². The highest BCUT2D eigenvalue weighted by molar-refractivity contribution is 5.82. The molecule has 3 heteroatoms. The van der Waals surface area contributed by atoms with Crippen LogP contribution in [0.15, 0.2) is 42.0 Å². The van der Waals surface area contributed by atoms with Crippen LogP contribution < -0.4 is 5.73 Å². The number of nitrogens with two attached hydrogens (primary N) is 1. The van der Waals surface area contributed by atoms with Gasteiger partial charge in [0.15, 0.2) is 0 Å². The first-order valence-corrected chi connectivity index (χ1v) is 7.66. The van der Waals surface area contributed by atoms with Crippen LogP contribution in [0, 0.1) is 5.41 Å². The molecule has 2 N–H and O–H groups in total. The fraction of sp³-hybridized carbons (Fsp3) is 0.500. The maximum atomic E-state index is 12.4. The molecule has 1 atom stereocenters. The molecule has 2 rings (SSSR count). The fourth-order valence-electron chi connectivity index (χ4n) is 2.74. The third-order valence-corrected chi connectivity index (χ3v) is 4.10. The third-order valence-electron chi connectivity index (χ3n) is 4.10. The first-order valence-electron chi connectivity index (χ1n) is 7.66. The van der Waals surface area contributed by atoms with Crippen molar-refractivity contribution in [2.75, 3.05) is 13.1 Å². The van der Waals surface area contributed by atoms with Crippen LogP contribution in [-0.2, 0) is 11.2 Å². The lowest BCUT2D eigenvalue weighted by atomic mass is 9.83. The third kappa shape index (κ3) is 4.18. The van der Waals surface area contributed by atoms with Gasteiger partial charge >= 0.3 is 0 Å². The van der Waals surface area contributed by atoms with E-state index in [1.165, 1.54) is 5.57 Å². The fourth-order valence-corrected chi connectivity index (χ4v) is 2.74. The summed E-state index contributed by atoms with van der Waals surface area (Å²) in [5.41, 5.74) is 8.83. The Balaban J connectivity index is 1.94. The van der Waals surface area contributed by atoms with Crippen LogP contribution in [0.4, 0.5) is 0 Å². The number of rotatable bonds is 3. The number of carbonyl (C=O) groups is 1. The van der Waals surface area contributed by atoms with Gasteiger partial charge in [-0.2, -0.15) is 0 Å². The monoisotopic (exact) mass is 286 g/mol. The van der Waals surface area contributed by atoms with Crippen molar-refractivity contribution >= 4 is 5.91 Å². The second-order valence-corrected chi connectivity index (χ2v) is 6.81. The molecule has 0 aliphatic carbocycles. The number of hydrogen-bond donors (Lipinski definition) is 1. The molecular weight excluding hydrogens is 260 g/mol. The van der Waals surface area contributed by atoms with Gasteiger partial charge in [-0.15, -0.1) is 0 Å². The molecule has 0 aromatic heterocycles. The van der Waals surface area contributed by atoms with Crippen LogP contribution in [0.2, 0.25) is 0 Å². The summed E-state index contributed by atoms with van der Waals surface area (Å²) in [6.07, 6.45) is 3.75. The van der Waals surface area contributed by atoms with E-state index in [9.17, 15) is 4.79 Å². The number of carbonyl (C=O) groups excluding carboxylic acids is 1. The Morgan fingerprint density at radius 1 is 1.29 bits per heavy atom. The highest BCUT2D eigenvalue weighted by Gasteiger charge is 2.26. The van der Waals surface area contributed by atoms with Crippen molar-refractivity contribution in [2.45, 2.75) is 39.7 Å². The lowest BCUT2D eigenvalue weighted by molar-refractivity contribution is -0.132. The molecule has 0 bridgehead atoms. The minimum atomic E-state index is -0.447. The van der Waals surface area contributed by atoms with Crippen molar-refractivity contribution in [1.82, 2.24) is 4.90 Å². The number of amides is 1. The van der Waals surface area contributed by atoms with Gasteiger partial charge in [-0.1, -0.05) is 62.8 Å². The van der Waals surface area contributed by atoms with Crippen molar-refractivity contribution < 1.29 is 4.79 Å². The van der Waals surface area contributed by atoms with E-state index in [2.05, 4.69) is 26.8 Å². The number of nitrogens with zero attached hydrogens (tertiary/aromatic N) is 1. The zero-order valence-corrected chi connectivity index (χ0v) is 13.3. The molecule has 0 saturated heterocycles. The lowest BCUT2D eigenvalue weighted by Gasteiger charge is -2.33. The smallest absolute Gasteiger partial charge is 0.240 e. The van der Waals surface area contributed by atoms with E-state index in [-0.39, 0.29) is 11.3 Å². The standard InChI is InChI=1S/C18H26N2O/c1-18(2,3)15-9-11-20(12-10-15)17(21)16(19)13-14-7-5-4-6-8-14/h4-9,16H,10-13,19H2,1-3H3/t16-/m1/s1. The molecule has 1 aromatic rings. The number of benzene rings is 1. The van der Waals surface area contributed by atoms with Crippen LogP contribution in [0.5, 0.6) is 0 Å². The van der Waals surface area contributed by atoms with Gasteiger partial charge < -0.3 is 10.6 Å². The molecular formula is C18H26N2O. The van der Waals surface area contributed by atoms with Crippen LogP contribution in [0.3, 0.4) is 0 Å². The van der Waals surface area contributed by atoms with Gasteiger partial charge in [-0.25, -0.2) is 0 Å². The molecule has 1 aromatic carbocycles. The average molecular weight is 286 g/mol. The summed E-state index contributed by atoms with van der Waals surface area (Å²) in [6, 6.07) is 9.51. The minimum absolute atomic E-state index is 0.0584. The van der Waals surface area contributed by atoms with Gasteiger partial charge in [0.05, 0.1) is 6.04 Å². The van der Waals surface area contributed by atoms with Crippen molar-refractivity contribution in [2.24, 2.45) is 11.1 Å². The molecule has 0 fully saturated rings. The van der Waals surface area contributed by atoms with Crippen LogP contribution >= 0.6 is 0 Å². The van der Waals surface area contributed by atoms with E-state index >= 15 is 0 Å². The SMILES string of the molecule is CC(C)(C)C1=CCN(C(=O)[C@H](N)Cc2ccccc2)CC1. The Labute approximate surface area is 127 Å². The molecule has 1 heterocycles. The van der Waals surface area contributed by atoms with Gasteiger partial charge in [0.25, 0.3) is 0 Å². The summed E-state index contributed by atoms with van der Waals surface area (Å²) in [4.78, 5) is 14.3.